The van der Waals surface area contributed by atoms with Crippen molar-refractivity contribution in [3.63, 3.8) is 0 Å². The van der Waals surface area contributed by atoms with Gasteiger partial charge in [-0.1, -0.05) is 0 Å². The molecule has 0 aromatic heterocycles. The molecule has 584 valence electrons. The van der Waals surface area contributed by atoms with Crippen molar-refractivity contribution in [3.05, 3.63) is 0 Å². The van der Waals surface area contributed by atoms with Gasteiger partial charge in [-0.2, -0.15) is 0 Å². The van der Waals surface area contributed by atoms with Crippen molar-refractivity contribution in [2.45, 2.75) is 273 Å². The second kappa shape index (κ2) is 36.3. The summed E-state index contributed by atoms with van der Waals surface area (Å²) in [6.07, 6.45) is -72.3. The Labute approximate surface area is 572 Å². The molecule has 0 aromatic carbocycles. The van der Waals surface area contributed by atoms with Crippen LogP contribution in [0, 0.1) is 0 Å². The Kier molecular flexibility index (Phi) is 29.9. The monoisotopic (exact) mass is 1480 g/mol. The molecular weight excluding hydrogens is 1380 g/mol. The molecule has 0 aliphatic carbocycles. The van der Waals surface area contributed by atoms with Crippen molar-refractivity contribution in [2.24, 2.45) is 0 Å². The van der Waals surface area contributed by atoms with Gasteiger partial charge in [0.25, 0.3) is 0 Å². The van der Waals surface area contributed by atoms with Crippen LogP contribution in [0.15, 0.2) is 0 Å². The Morgan fingerprint density at radius 1 is 0.257 bits per heavy atom. The van der Waals surface area contributed by atoms with E-state index in [1.54, 1.807) is 0 Å². The number of carbonyl (C=O) groups excluding carboxylic acids is 4. The number of ether oxygens (including phenoxy) is 15. The van der Waals surface area contributed by atoms with Crippen LogP contribution in [0.25, 0.3) is 0 Å². The van der Waals surface area contributed by atoms with E-state index >= 15 is 0 Å². The highest BCUT2D eigenvalue weighted by Crippen LogP contribution is 2.39. The van der Waals surface area contributed by atoms with Crippen molar-refractivity contribution in [1.82, 2.24) is 21.3 Å². The van der Waals surface area contributed by atoms with Gasteiger partial charge in [-0.3, -0.25) is 19.2 Å². The van der Waals surface area contributed by atoms with Gasteiger partial charge < -0.3 is 205 Å². The van der Waals surface area contributed by atoms with E-state index in [0.717, 1.165) is 27.7 Å². The SMILES string of the molecule is CC(=O)N[C@@H]1[C@@H](O)[C@H](O[C@@H]2O[C@H](CO)[C@@H](O[C@@H]3O[C@H](CO)[C@@H](O)[C@H](O[C@H]4O[C@H](CO[C@@H]5O[C@H](CO)[C@@H](O[C@@H]6O[C@H](CO)[C@H](O)[C@H](O)[C@H]6O)[C@H](O)[C@H]5NC(C)=O)[C@@H](O)[C@H](O)[C@@H]4O[C@@H]4O[C@H](CO)[C@@H](O[C@@H]5O[C@H](CO)[C@H](O)[C@H](O)[C@H]5O)[C@H](O)[C@H]4NC(C)=O)[C@@H]3O)[C@H](O)[C@H]2NC(C)=O)[C@@H](CO)O[C@H]1O. The maximum Gasteiger partial charge on any atom is 0.217 e. The molecule has 8 saturated heterocycles. The predicted octanol–water partition coefficient (Wildman–Crippen LogP) is -17.9. The smallest absolute Gasteiger partial charge is 0.217 e. The number of hydrogen-bond donors (Lipinski definition) is 26. The Balaban J connectivity index is 1.10. The topological polar surface area (TPSA) is 700 Å². The van der Waals surface area contributed by atoms with Crippen LogP contribution in [-0.4, -0.2) is 434 Å². The van der Waals surface area contributed by atoms with Crippen LogP contribution in [0.4, 0.5) is 0 Å². The number of hydrogen-bond acceptors (Lipinski definition) is 41. The summed E-state index contributed by atoms with van der Waals surface area (Å²) in [6.45, 7) is -4.36. The Hall–Kier alpha value is -3.60. The zero-order valence-corrected chi connectivity index (χ0v) is 54.3. The fraction of sp³-hybridized carbons (Fsp3) is 0.929. The average molecular weight is 1480 g/mol. The van der Waals surface area contributed by atoms with Gasteiger partial charge in [0, 0.05) is 27.7 Å². The molecule has 8 fully saturated rings. The van der Waals surface area contributed by atoms with Crippen LogP contribution in [0.5, 0.6) is 0 Å². The van der Waals surface area contributed by atoms with Crippen LogP contribution in [0.2, 0.25) is 0 Å². The van der Waals surface area contributed by atoms with Crippen molar-refractivity contribution in [2.75, 3.05) is 52.9 Å². The van der Waals surface area contributed by atoms with Crippen LogP contribution in [0.3, 0.4) is 0 Å². The maximum absolute atomic E-state index is 12.9. The van der Waals surface area contributed by atoms with Crippen molar-refractivity contribution in [3.8, 4) is 0 Å². The molecule has 0 radical (unpaired) electrons. The largest absolute Gasteiger partial charge is 0.394 e. The highest BCUT2D eigenvalue weighted by atomic mass is 16.8. The standard InChI is InChI=1S/C56H94N4O41/c1-13(68)57-25-33(76)43(20(8-64)88-49(25)86)96-51-27(59-15(3)70)35(78)46(23(11-67)93-51)99-55-42(85)47(32(75)19(7-63)91-55)100-56-48(101-52-28(60-16(4)71)36(79)45(22(10-66)94-52)98-54-41(84)38(81)30(73)18(6-62)90-54)39(82)31(74)24(95-56)12-87-50-26(58-14(2)69)34(77)44(21(9-65)92-50)97-53-40(83)37(80)29(72)17(5-61)89-53/h17-56,61-67,72-86H,5-12H2,1-4H3,(H,57,68)(H,58,69)(H,59,70)(H,60,71)/t17-,18-,19-,20-,21-,22-,23-,24-,25-,26-,27-,28-,29+,30+,31-,32-,33-,34-,35-,36-,37+,38+,39+,40-,41-,42+,43-,44-,45-,46-,47+,48+,49-,50-,51+,52+,53+,54+,55+,56-/m1/s1. The summed E-state index contributed by atoms with van der Waals surface area (Å²) in [5, 5.41) is 251. The summed E-state index contributed by atoms with van der Waals surface area (Å²) >= 11 is 0. The maximum atomic E-state index is 12.9. The van der Waals surface area contributed by atoms with E-state index in [4.69, 9.17) is 71.1 Å². The minimum Gasteiger partial charge on any atom is -0.394 e. The molecule has 101 heavy (non-hydrogen) atoms. The highest BCUT2D eigenvalue weighted by molar-refractivity contribution is 5.74. The Bertz CT molecular complexity index is 2630. The van der Waals surface area contributed by atoms with E-state index in [2.05, 4.69) is 21.3 Å². The molecule has 8 rings (SSSR count). The van der Waals surface area contributed by atoms with E-state index in [1.807, 2.05) is 0 Å². The first-order chi connectivity index (χ1) is 47.8. The summed E-state index contributed by atoms with van der Waals surface area (Å²) in [7, 11) is 0. The molecule has 8 aliphatic rings. The van der Waals surface area contributed by atoms with Crippen molar-refractivity contribution in [1.29, 1.82) is 0 Å². The molecule has 45 nitrogen and oxygen atoms in total. The predicted molar refractivity (Wildman–Crippen MR) is 311 cm³/mol. The summed E-state index contributed by atoms with van der Waals surface area (Å²) < 4.78 is 88.0. The molecular formula is C56H94N4O41. The third-order valence-electron chi connectivity index (χ3n) is 18.2. The van der Waals surface area contributed by atoms with Crippen LogP contribution < -0.4 is 21.3 Å². The Morgan fingerprint density at radius 3 is 0.921 bits per heavy atom. The molecule has 0 spiro atoms. The molecule has 8 heterocycles. The first-order valence-corrected chi connectivity index (χ1v) is 32.1. The number of nitrogens with one attached hydrogen (secondary N) is 4. The zero-order chi connectivity index (χ0) is 74.5. The molecule has 45 heteroatoms. The summed E-state index contributed by atoms with van der Waals surface area (Å²) in [5.74, 6) is -3.45. The van der Waals surface area contributed by atoms with E-state index < -0.39 is 322 Å². The highest BCUT2D eigenvalue weighted by Gasteiger charge is 2.60. The lowest BCUT2D eigenvalue weighted by molar-refractivity contribution is -0.397. The number of aliphatic hydroxyl groups excluding tert-OH is 22. The van der Waals surface area contributed by atoms with Gasteiger partial charge in [-0.15, -0.1) is 0 Å². The third-order valence-corrected chi connectivity index (χ3v) is 18.2. The Morgan fingerprint density at radius 2 is 0.535 bits per heavy atom. The lowest BCUT2D eigenvalue weighted by atomic mass is 9.93. The molecule has 40 atom stereocenters. The number of carbonyl (C=O) groups is 4. The van der Waals surface area contributed by atoms with Gasteiger partial charge in [0.2, 0.25) is 23.6 Å². The van der Waals surface area contributed by atoms with Crippen LogP contribution >= 0.6 is 0 Å². The fourth-order valence-electron chi connectivity index (χ4n) is 13.0. The minimum absolute atomic E-state index is 0.751. The van der Waals surface area contributed by atoms with Gasteiger partial charge in [0.05, 0.1) is 52.9 Å². The molecule has 0 unspecified atom stereocenters. The molecule has 4 amide bonds. The van der Waals surface area contributed by atoms with Crippen molar-refractivity contribution >= 4 is 23.6 Å². The molecule has 26 N–H and O–H groups in total. The number of amides is 4. The minimum atomic E-state index is -2.45. The normalized spacial score (nSPS) is 48.3. The van der Waals surface area contributed by atoms with Gasteiger partial charge in [0.15, 0.2) is 50.3 Å². The second-order valence-corrected chi connectivity index (χ2v) is 25.4. The lowest BCUT2D eigenvalue weighted by Gasteiger charge is -2.51. The summed E-state index contributed by atoms with van der Waals surface area (Å²) in [4.78, 5) is 50.4. The number of rotatable bonds is 26. The quantitative estimate of drug-likeness (QED) is 0.0382. The summed E-state index contributed by atoms with van der Waals surface area (Å²) in [6, 6.07) is -7.12. The van der Waals surface area contributed by atoms with Crippen LogP contribution in [0.1, 0.15) is 27.7 Å². The van der Waals surface area contributed by atoms with E-state index in [0.29, 0.717) is 0 Å². The second-order valence-electron chi connectivity index (χ2n) is 25.4. The average Bonchev–Trinajstić information content (AvgIpc) is 0.776. The fourth-order valence-corrected chi connectivity index (χ4v) is 13.0. The zero-order valence-electron chi connectivity index (χ0n) is 54.3. The molecule has 8 aliphatic heterocycles. The molecule has 0 saturated carbocycles. The third kappa shape index (κ3) is 18.5. The van der Waals surface area contributed by atoms with Gasteiger partial charge in [-0.25, -0.2) is 0 Å². The molecule has 0 bridgehead atoms. The van der Waals surface area contributed by atoms with Crippen molar-refractivity contribution < 1.29 is 203 Å². The van der Waals surface area contributed by atoms with Gasteiger partial charge >= 0.3 is 0 Å². The first-order valence-electron chi connectivity index (χ1n) is 32.1. The molecule has 0 aromatic rings. The van der Waals surface area contributed by atoms with E-state index in [9.17, 15) is 132 Å². The van der Waals surface area contributed by atoms with E-state index in [1.165, 1.54) is 0 Å². The van der Waals surface area contributed by atoms with Gasteiger partial charge in [0.1, 0.15) is 195 Å². The summed E-state index contributed by atoms with van der Waals surface area (Å²) in [5.41, 5.74) is 0. The van der Waals surface area contributed by atoms with Crippen LogP contribution in [-0.2, 0) is 90.2 Å². The van der Waals surface area contributed by atoms with E-state index in [-0.39, 0.29) is 0 Å². The number of aliphatic hydroxyl groups is 22. The first kappa shape index (κ1) is 83.0. The van der Waals surface area contributed by atoms with Gasteiger partial charge in [-0.05, 0) is 0 Å². The lowest BCUT2D eigenvalue weighted by Crippen LogP contribution is -2.71.